The summed E-state index contributed by atoms with van der Waals surface area (Å²) in [5, 5.41) is 8.94. The molecule has 1 aromatic heterocycles. The van der Waals surface area contributed by atoms with Crippen molar-refractivity contribution >= 4 is 41.3 Å². The van der Waals surface area contributed by atoms with Gasteiger partial charge in [0.05, 0.1) is 0 Å². The largest absolute Gasteiger partial charge is 0.356 e. The van der Waals surface area contributed by atoms with Crippen LogP contribution in [0.4, 0.5) is 0 Å². The molecule has 23 heavy (non-hydrogen) atoms. The van der Waals surface area contributed by atoms with E-state index in [0.717, 1.165) is 38.1 Å². The molecule has 0 atom stereocenters. The van der Waals surface area contributed by atoms with Gasteiger partial charge in [-0.1, -0.05) is 25.3 Å². The minimum absolute atomic E-state index is 0. The van der Waals surface area contributed by atoms with Crippen LogP contribution < -0.4 is 10.6 Å². The Morgan fingerprint density at radius 2 is 2.00 bits per heavy atom. The fourth-order valence-electron chi connectivity index (χ4n) is 3.03. The third-order valence-corrected chi connectivity index (χ3v) is 5.36. The van der Waals surface area contributed by atoms with Crippen LogP contribution in [0.3, 0.4) is 0 Å². The third-order valence-electron chi connectivity index (χ3n) is 4.42. The van der Waals surface area contributed by atoms with Gasteiger partial charge in [0.2, 0.25) is 0 Å². The molecule has 0 aromatic carbocycles. The van der Waals surface area contributed by atoms with Gasteiger partial charge < -0.3 is 15.5 Å². The fourth-order valence-corrected chi connectivity index (χ4v) is 3.74. The first-order chi connectivity index (χ1) is 10.8. The lowest BCUT2D eigenvalue weighted by Gasteiger charge is -2.31. The second kappa shape index (κ2) is 12.1. The zero-order valence-corrected chi connectivity index (χ0v) is 17.5. The molecular weight excluding hydrogens is 419 g/mol. The topological polar surface area (TPSA) is 39.7 Å². The van der Waals surface area contributed by atoms with Crippen molar-refractivity contribution in [1.29, 1.82) is 0 Å². The summed E-state index contributed by atoms with van der Waals surface area (Å²) in [6.07, 6.45) is 8.00. The molecule has 0 spiro atoms. The first kappa shape index (κ1) is 20.7. The van der Waals surface area contributed by atoms with Gasteiger partial charge in [0.25, 0.3) is 0 Å². The molecule has 132 valence electrons. The third kappa shape index (κ3) is 7.85. The fraction of sp³-hybridized carbons (Fsp3) is 0.706. The highest BCUT2D eigenvalue weighted by Crippen LogP contribution is 2.21. The van der Waals surface area contributed by atoms with Gasteiger partial charge in [-0.2, -0.15) is 0 Å². The molecule has 0 unspecified atom stereocenters. The van der Waals surface area contributed by atoms with Crippen molar-refractivity contribution in [2.45, 2.75) is 44.6 Å². The lowest BCUT2D eigenvalue weighted by Crippen LogP contribution is -2.43. The summed E-state index contributed by atoms with van der Waals surface area (Å²) in [4.78, 5) is 8.22. The van der Waals surface area contributed by atoms with E-state index in [0.29, 0.717) is 0 Å². The number of guanidine groups is 1. The lowest BCUT2D eigenvalue weighted by molar-refractivity contribution is 0.194. The van der Waals surface area contributed by atoms with Crippen molar-refractivity contribution in [2.75, 3.05) is 33.7 Å². The second-order valence-electron chi connectivity index (χ2n) is 6.03. The maximum atomic E-state index is 4.30. The van der Waals surface area contributed by atoms with E-state index in [1.165, 1.54) is 37.0 Å². The van der Waals surface area contributed by atoms with Crippen LogP contribution in [-0.4, -0.2) is 50.6 Å². The molecule has 4 nitrogen and oxygen atoms in total. The number of hydrogen-bond acceptors (Lipinski definition) is 3. The van der Waals surface area contributed by atoms with E-state index >= 15 is 0 Å². The number of rotatable bonds is 7. The molecule has 0 aliphatic heterocycles. The first-order valence-corrected chi connectivity index (χ1v) is 9.34. The average Bonchev–Trinajstić information content (AvgIpc) is 3.07. The Kier molecular flexibility index (Phi) is 10.9. The van der Waals surface area contributed by atoms with E-state index in [1.807, 2.05) is 18.4 Å². The van der Waals surface area contributed by atoms with Gasteiger partial charge in [0, 0.05) is 37.6 Å². The van der Waals surface area contributed by atoms with Gasteiger partial charge in [0.1, 0.15) is 0 Å². The molecule has 1 aliphatic rings. The van der Waals surface area contributed by atoms with Crippen LogP contribution in [0.5, 0.6) is 0 Å². The van der Waals surface area contributed by atoms with Crippen molar-refractivity contribution in [3.8, 4) is 0 Å². The molecule has 1 aromatic rings. The van der Waals surface area contributed by atoms with E-state index in [1.54, 1.807) is 0 Å². The van der Waals surface area contributed by atoms with Crippen LogP contribution in [-0.2, 0) is 6.42 Å². The highest BCUT2D eigenvalue weighted by molar-refractivity contribution is 14.0. The smallest absolute Gasteiger partial charge is 0.191 e. The van der Waals surface area contributed by atoms with Gasteiger partial charge in [-0.05, 0) is 37.8 Å². The molecule has 0 amide bonds. The van der Waals surface area contributed by atoms with Gasteiger partial charge in [-0.25, -0.2) is 0 Å². The van der Waals surface area contributed by atoms with Crippen LogP contribution >= 0.6 is 35.3 Å². The normalized spacial score (nSPS) is 16.2. The van der Waals surface area contributed by atoms with Gasteiger partial charge in [-0.15, -0.1) is 35.3 Å². The first-order valence-electron chi connectivity index (χ1n) is 8.46. The summed E-state index contributed by atoms with van der Waals surface area (Å²) in [6.45, 7) is 2.96. The number of halogens is 1. The highest BCUT2D eigenvalue weighted by Gasteiger charge is 2.17. The van der Waals surface area contributed by atoms with Crippen LogP contribution in [0.25, 0.3) is 0 Å². The molecule has 0 saturated heterocycles. The highest BCUT2D eigenvalue weighted by atomic mass is 127. The maximum Gasteiger partial charge on any atom is 0.191 e. The average molecular weight is 450 g/mol. The lowest BCUT2D eigenvalue weighted by atomic mass is 9.94. The summed E-state index contributed by atoms with van der Waals surface area (Å²) in [5.74, 6) is 0.911. The van der Waals surface area contributed by atoms with E-state index in [-0.39, 0.29) is 24.0 Å². The Labute approximate surface area is 162 Å². The zero-order chi connectivity index (χ0) is 15.6. The molecule has 1 saturated carbocycles. The van der Waals surface area contributed by atoms with Crippen LogP contribution in [0.2, 0.25) is 0 Å². The minimum atomic E-state index is 0. The Morgan fingerprint density at radius 3 is 2.65 bits per heavy atom. The number of nitrogens with zero attached hydrogens (tertiary/aromatic N) is 2. The van der Waals surface area contributed by atoms with Gasteiger partial charge in [-0.3, -0.25) is 4.99 Å². The molecular formula is C17H31IN4S. The SMILES string of the molecule is CN=C(NCCc1cccs1)NCCN(C)C1CCCCC1.I. The van der Waals surface area contributed by atoms with E-state index < -0.39 is 0 Å². The van der Waals surface area contributed by atoms with Crippen LogP contribution in [0.15, 0.2) is 22.5 Å². The molecule has 0 bridgehead atoms. The summed E-state index contributed by atoms with van der Waals surface area (Å²) >= 11 is 1.81. The number of nitrogens with one attached hydrogen (secondary N) is 2. The zero-order valence-electron chi connectivity index (χ0n) is 14.4. The second-order valence-corrected chi connectivity index (χ2v) is 7.06. The summed E-state index contributed by atoms with van der Waals surface area (Å²) in [6, 6.07) is 5.07. The summed E-state index contributed by atoms with van der Waals surface area (Å²) < 4.78 is 0. The molecule has 2 rings (SSSR count). The Bertz CT molecular complexity index is 430. The van der Waals surface area contributed by atoms with Crippen LogP contribution in [0, 0.1) is 0 Å². The van der Waals surface area contributed by atoms with E-state index in [2.05, 4.69) is 45.1 Å². The van der Waals surface area contributed by atoms with Gasteiger partial charge >= 0.3 is 0 Å². The van der Waals surface area contributed by atoms with Crippen molar-refractivity contribution in [1.82, 2.24) is 15.5 Å². The Morgan fingerprint density at radius 1 is 1.26 bits per heavy atom. The van der Waals surface area contributed by atoms with Crippen molar-refractivity contribution < 1.29 is 0 Å². The number of thiophene rings is 1. The predicted octanol–water partition coefficient (Wildman–Crippen LogP) is 3.34. The quantitative estimate of drug-likeness (QED) is 0.380. The summed E-state index contributed by atoms with van der Waals surface area (Å²) in [7, 11) is 4.09. The standard InChI is InChI=1S/C17H30N4S.HI/c1-18-17(19-11-10-16-9-6-14-22-16)20-12-13-21(2)15-7-4-3-5-8-15;/h6,9,14-15H,3-5,7-8,10-13H2,1-2H3,(H2,18,19,20);1H. The number of aliphatic imine (C=N–C) groups is 1. The molecule has 6 heteroatoms. The molecule has 1 heterocycles. The van der Waals surface area contributed by atoms with Crippen molar-refractivity contribution in [3.05, 3.63) is 22.4 Å². The van der Waals surface area contributed by atoms with E-state index in [4.69, 9.17) is 0 Å². The molecule has 1 aliphatic carbocycles. The molecule has 1 fully saturated rings. The maximum absolute atomic E-state index is 4.30. The predicted molar refractivity (Wildman–Crippen MR) is 112 cm³/mol. The minimum Gasteiger partial charge on any atom is -0.356 e. The van der Waals surface area contributed by atoms with Crippen molar-refractivity contribution in [2.24, 2.45) is 4.99 Å². The molecule has 0 radical (unpaired) electrons. The van der Waals surface area contributed by atoms with Crippen molar-refractivity contribution in [3.63, 3.8) is 0 Å². The Hall–Kier alpha value is -0.340. The summed E-state index contributed by atoms with van der Waals surface area (Å²) in [5.41, 5.74) is 0. The number of hydrogen-bond donors (Lipinski definition) is 2. The number of likely N-dealkylation sites (N-methyl/N-ethyl adjacent to an activating group) is 1. The Balaban J connectivity index is 0.00000264. The van der Waals surface area contributed by atoms with Crippen LogP contribution in [0.1, 0.15) is 37.0 Å². The monoisotopic (exact) mass is 450 g/mol. The van der Waals surface area contributed by atoms with E-state index in [9.17, 15) is 0 Å². The molecule has 2 N–H and O–H groups in total. The van der Waals surface area contributed by atoms with Gasteiger partial charge in [0.15, 0.2) is 5.96 Å².